The van der Waals surface area contributed by atoms with Gasteiger partial charge in [-0.2, -0.15) is 0 Å². The van der Waals surface area contributed by atoms with Gasteiger partial charge in [-0.15, -0.1) is 0 Å². The van der Waals surface area contributed by atoms with Crippen LogP contribution < -0.4 is 5.73 Å². The molecule has 2 N–H and O–H groups in total. The van der Waals surface area contributed by atoms with E-state index in [2.05, 4.69) is 18.9 Å². The molecule has 2 rings (SSSR count). The Morgan fingerprint density at radius 2 is 2.11 bits per heavy atom. The van der Waals surface area contributed by atoms with Gasteiger partial charge in [0, 0.05) is 24.8 Å². The molecule has 1 unspecified atom stereocenters. The zero-order chi connectivity index (χ0) is 14.0. The SMILES string of the molecule is Cc1cccc(C(=O)N2CCCN(C)CC2C)c1N. The van der Waals surface area contributed by atoms with Gasteiger partial charge in [-0.25, -0.2) is 0 Å². The van der Waals surface area contributed by atoms with Crippen LogP contribution in [0.2, 0.25) is 0 Å². The summed E-state index contributed by atoms with van der Waals surface area (Å²) in [5.41, 5.74) is 8.25. The Morgan fingerprint density at radius 1 is 1.37 bits per heavy atom. The van der Waals surface area contributed by atoms with E-state index in [1.54, 1.807) is 0 Å². The molecule has 1 aliphatic heterocycles. The van der Waals surface area contributed by atoms with Gasteiger partial charge in [0.15, 0.2) is 0 Å². The van der Waals surface area contributed by atoms with Gasteiger partial charge in [-0.3, -0.25) is 4.79 Å². The summed E-state index contributed by atoms with van der Waals surface area (Å²) in [6, 6.07) is 5.88. The summed E-state index contributed by atoms with van der Waals surface area (Å²) in [4.78, 5) is 16.9. The van der Waals surface area contributed by atoms with Gasteiger partial charge in [-0.1, -0.05) is 12.1 Å². The van der Waals surface area contributed by atoms with E-state index in [1.165, 1.54) is 0 Å². The van der Waals surface area contributed by atoms with E-state index in [0.29, 0.717) is 11.3 Å². The van der Waals surface area contributed by atoms with Gasteiger partial charge in [0.1, 0.15) is 0 Å². The highest BCUT2D eigenvalue weighted by atomic mass is 16.2. The fourth-order valence-corrected chi connectivity index (χ4v) is 2.70. The normalized spacial score (nSPS) is 21.2. The molecule has 1 atom stereocenters. The average molecular weight is 261 g/mol. The number of nitrogens with zero attached hydrogens (tertiary/aromatic N) is 2. The molecule has 1 aliphatic rings. The van der Waals surface area contributed by atoms with Crippen LogP contribution in [0.15, 0.2) is 18.2 Å². The van der Waals surface area contributed by atoms with E-state index in [1.807, 2.05) is 30.0 Å². The molecule has 0 spiro atoms. The topological polar surface area (TPSA) is 49.6 Å². The minimum atomic E-state index is 0.0593. The lowest BCUT2D eigenvalue weighted by molar-refractivity contribution is 0.0697. The number of anilines is 1. The van der Waals surface area contributed by atoms with Crippen LogP contribution in [0.1, 0.15) is 29.3 Å². The molecule has 0 aromatic heterocycles. The smallest absolute Gasteiger partial charge is 0.256 e. The summed E-state index contributed by atoms with van der Waals surface area (Å²) in [7, 11) is 2.10. The average Bonchev–Trinajstić information content (AvgIpc) is 2.53. The molecule has 4 nitrogen and oxygen atoms in total. The predicted octanol–water partition coefficient (Wildman–Crippen LogP) is 1.74. The lowest BCUT2D eigenvalue weighted by Crippen LogP contribution is -2.42. The molecular weight excluding hydrogens is 238 g/mol. The molecule has 1 amide bonds. The van der Waals surface area contributed by atoms with E-state index in [9.17, 15) is 4.79 Å². The van der Waals surface area contributed by atoms with E-state index in [0.717, 1.165) is 31.6 Å². The first-order chi connectivity index (χ1) is 9.00. The second-order valence-electron chi connectivity index (χ2n) is 5.50. The van der Waals surface area contributed by atoms with Gasteiger partial charge >= 0.3 is 0 Å². The van der Waals surface area contributed by atoms with E-state index >= 15 is 0 Å². The van der Waals surface area contributed by atoms with E-state index in [-0.39, 0.29) is 11.9 Å². The molecule has 1 fully saturated rings. The van der Waals surface area contributed by atoms with Gasteiger partial charge in [0.25, 0.3) is 5.91 Å². The maximum atomic E-state index is 12.7. The van der Waals surface area contributed by atoms with Crippen molar-refractivity contribution in [1.82, 2.24) is 9.80 Å². The molecule has 0 bridgehead atoms. The molecule has 1 aromatic carbocycles. The first-order valence-corrected chi connectivity index (χ1v) is 6.85. The number of rotatable bonds is 1. The summed E-state index contributed by atoms with van der Waals surface area (Å²) < 4.78 is 0. The molecule has 0 aliphatic carbocycles. The lowest BCUT2D eigenvalue weighted by Gasteiger charge is -2.28. The Hall–Kier alpha value is -1.55. The van der Waals surface area contributed by atoms with Crippen LogP contribution in [0, 0.1) is 6.92 Å². The Morgan fingerprint density at radius 3 is 2.84 bits per heavy atom. The minimum absolute atomic E-state index is 0.0593. The molecule has 0 saturated carbocycles. The Kier molecular flexibility index (Phi) is 4.10. The van der Waals surface area contributed by atoms with Gasteiger partial charge in [-0.05, 0) is 45.5 Å². The zero-order valence-electron chi connectivity index (χ0n) is 12.0. The van der Waals surface area contributed by atoms with Crippen molar-refractivity contribution in [3.63, 3.8) is 0 Å². The highest BCUT2D eigenvalue weighted by molar-refractivity contribution is 5.99. The summed E-state index contributed by atoms with van der Waals surface area (Å²) in [6.07, 6.45) is 1.01. The third-order valence-corrected chi connectivity index (χ3v) is 3.86. The van der Waals surface area contributed by atoms with Gasteiger partial charge < -0.3 is 15.5 Å². The van der Waals surface area contributed by atoms with Crippen molar-refractivity contribution in [3.8, 4) is 0 Å². The van der Waals surface area contributed by atoms with Crippen molar-refractivity contribution in [2.45, 2.75) is 26.3 Å². The number of carbonyl (C=O) groups excluding carboxylic acids is 1. The van der Waals surface area contributed by atoms with Gasteiger partial charge in [0.05, 0.1) is 5.56 Å². The van der Waals surface area contributed by atoms with Crippen LogP contribution in [0.25, 0.3) is 0 Å². The highest BCUT2D eigenvalue weighted by Gasteiger charge is 2.26. The van der Waals surface area contributed by atoms with Crippen molar-refractivity contribution >= 4 is 11.6 Å². The van der Waals surface area contributed by atoms with Crippen molar-refractivity contribution < 1.29 is 4.79 Å². The molecule has 1 aromatic rings. The minimum Gasteiger partial charge on any atom is -0.398 e. The molecule has 104 valence electrons. The van der Waals surface area contributed by atoms with Crippen molar-refractivity contribution in [3.05, 3.63) is 29.3 Å². The number of nitrogen functional groups attached to an aromatic ring is 1. The molecule has 1 saturated heterocycles. The monoisotopic (exact) mass is 261 g/mol. The number of para-hydroxylation sites is 1. The molecule has 1 heterocycles. The number of nitrogens with two attached hydrogens (primary N) is 1. The number of likely N-dealkylation sites (N-methyl/N-ethyl adjacent to an activating group) is 1. The number of benzene rings is 1. The molecule has 0 radical (unpaired) electrons. The number of amides is 1. The number of carbonyl (C=O) groups is 1. The maximum absolute atomic E-state index is 12.7. The molecule has 4 heteroatoms. The van der Waals surface area contributed by atoms with Crippen LogP contribution in [-0.4, -0.2) is 48.4 Å². The largest absolute Gasteiger partial charge is 0.398 e. The maximum Gasteiger partial charge on any atom is 0.256 e. The summed E-state index contributed by atoms with van der Waals surface area (Å²) in [6.45, 7) is 6.80. The number of hydrogen-bond donors (Lipinski definition) is 1. The predicted molar refractivity (Wildman–Crippen MR) is 78.2 cm³/mol. The Bertz CT molecular complexity index is 472. The second kappa shape index (κ2) is 5.61. The summed E-state index contributed by atoms with van der Waals surface area (Å²) >= 11 is 0. The van der Waals surface area contributed by atoms with E-state index < -0.39 is 0 Å². The third kappa shape index (κ3) is 2.89. The first-order valence-electron chi connectivity index (χ1n) is 6.85. The third-order valence-electron chi connectivity index (χ3n) is 3.86. The molecular formula is C15H23N3O. The lowest BCUT2D eigenvalue weighted by atomic mass is 10.1. The van der Waals surface area contributed by atoms with Crippen molar-refractivity contribution in [2.24, 2.45) is 0 Å². The number of aryl methyl sites for hydroxylation is 1. The fourth-order valence-electron chi connectivity index (χ4n) is 2.70. The second-order valence-corrected chi connectivity index (χ2v) is 5.50. The van der Waals surface area contributed by atoms with Crippen molar-refractivity contribution in [2.75, 3.05) is 32.4 Å². The fraction of sp³-hybridized carbons (Fsp3) is 0.533. The summed E-state index contributed by atoms with van der Waals surface area (Å²) in [5, 5.41) is 0. The standard InChI is InChI=1S/C15H23N3O/c1-11-6-4-7-13(14(11)16)15(19)18-9-5-8-17(3)10-12(18)2/h4,6-7,12H,5,8-10,16H2,1-3H3. The van der Waals surface area contributed by atoms with Crippen LogP contribution in [0.4, 0.5) is 5.69 Å². The van der Waals surface area contributed by atoms with E-state index in [4.69, 9.17) is 5.73 Å². The first kappa shape index (κ1) is 13.9. The zero-order valence-corrected chi connectivity index (χ0v) is 12.0. The molecule has 19 heavy (non-hydrogen) atoms. The highest BCUT2D eigenvalue weighted by Crippen LogP contribution is 2.20. The van der Waals surface area contributed by atoms with Crippen LogP contribution in [0.5, 0.6) is 0 Å². The van der Waals surface area contributed by atoms with Crippen LogP contribution in [-0.2, 0) is 0 Å². The Labute approximate surface area is 115 Å². The van der Waals surface area contributed by atoms with Crippen molar-refractivity contribution in [1.29, 1.82) is 0 Å². The quantitative estimate of drug-likeness (QED) is 0.783. The van der Waals surface area contributed by atoms with Crippen LogP contribution in [0.3, 0.4) is 0 Å². The summed E-state index contributed by atoms with van der Waals surface area (Å²) in [5.74, 6) is 0.0593. The van der Waals surface area contributed by atoms with Gasteiger partial charge in [0.2, 0.25) is 0 Å². The number of hydrogen-bond acceptors (Lipinski definition) is 3. The van der Waals surface area contributed by atoms with Crippen LogP contribution >= 0.6 is 0 Å². The Balaban J connectivity index is 2.25.